The number of rotatable bonds is 4. The zero-order valence-electron chi connectivity index (χ0n) is 12.6. The molecule has 1 heterocycles. The number of hydrogen-bond donors (Lipinski definition) is 1. The van der Waals surface area contributed by atoms with E-state index in [1.165, 1.54) is 23.5 Å². The molecular formula is C16H13ClN2O3S2. The van der Waals surface area contributed by atoms with Gasteiger partial charge in [-0.25, -0.2) is 13.4 Å². The molecule has 0 aliphatic carbocycles. The van der Waals surface area contributed by atoms with Crippen LogP contribution in [0.1, 0.15) is 5.56 Å². The first-order chi connectivity index (χ1) is 11.3. The van der Waals surface area contributed by atoms with E-state index >= 15 is 0 Å². The summed E-state index contributed by atoms with van der Waals surface area (Å²) < 4.78 is 23.7. The number of nitrogens with zero attached hydrogens (tertiary/aromatic N) is 1. The molecule has 1 aromatic heterocycles. The van der Waals surface area contributed by atoms with Crippen LogP contribution in [0.15, 0.2) is 47.4 Å². The highest BCUT2D eigenvalue weighted by Crippen LogP contribution is 2.28. The van der Waals surface area contributed by atoms with Crippen molar-refractivity contribution in [3.8, 4) is 0 Å². The van der Waals surface area contributed by atoms with Crippen LogP contribution >= 0.6 is 22.9 Å². The molecule has 1 amide bonds. The number of hydrogen-bond acceptors (Lipinski definition) is 5. The topological polar surface area (TPSA) is 76.1 Å². The van der Waals surface area contributed by atoms with E-state index < -0.39 is 9.84 Å². The number of carbonyl (C=O) groups is 1. The Balaban J connectivity index is 1.70. The number of aromatic nitrogens is 1. The van der Waals surface area contributed by atoms with Gasteiger partial charge in [-0.1, -0.05) is 35.1 Å². The predicted molar refractivity (Wildman–Crippen MR) is 96.5 cm³/mol. The average Bonchev–Trinajstić information content (AvgIpc) is 2.87. The van der Waals surface area contributed by atoms with Gasteiger partial charge in [-0.3, -0.25) is 4.79 Å². The molecule has 0 saturated heterocycles. The second-order valence-corrected chi connectivity index (χ2v) is 8.75. The van der Waals surface area contributed by atoms with E-state index in [2.05, 4.69) is 10.3 Å². The molecule has 0 saturated carbocycles. The van der Waals surface area contributed by atoms with Crippen LogP contribution in [0.3, 0.4) is 0 Å². The number of carbonyl (C=O) groups excluding carboxylic acids is 1. The number of amides is 1. The Hall–Kier alpha value is -1.96. The van der Waals surface area contributed by atoms with Crippen LogP contribution in [0.25, 0.3) is 10.2 Å². The molecule has 3 aromatic rings. The van der Waals surface area contributed by atoms with Crippen LogP contribution in [-0.4, -0.2) is 25.6 Å². The molecule has 0 aliphatic heterocycles. The molecule has 8 heteroatoms. The molecular weight excluding hydrogens is 368 g/mol. The standard InChI is InChI=1S/C16H13ClN2O3S2/c1-24(21,22)12-5-2-10(3-6-12)8-15(20)19-16-18-13-7-4-11(17)9-14(13)23-16/h2-7,9H,8H2,1H3,(H,18,19,20). The Bertz CT molecular complexity index is 1010. The van der Waals surface area contributed by atoms with Crippen molar-refractivity contribution in [2.75, 3.05) is 11.6 Å². The zero-order valence-corrected chi connectivity index (χ0v) is 15.0. The van der Waals surface area contributed by atoms with Crippen molar-refractivity contribution in [1.29, 1.82) is 0 Å². The van der Waals surface area contributed by atoms with Gasteiger partial charge in [0.15, 0.2) is 15.0 Å². The molecule has 0 aliphatic rings. The number of anilines is 1. The van der Waals surface area contributed by atoms with E-state index in [0.717, 1.165) is 22.0 Å². The SMILES string of the molecule is CS(=O)(=O)c1ccc(CC(=O)Nc2nc3ccc(Cl)cc3s2)cc1. The number of nitrogens with one attached hydrogen (secondary N) is 1. The van der Waals surface area contributed by atoms with Crippen molar-refractivity contribution < 1.29 is 13.2 Å². The number of thiazole rings is 1. The summed E-state index contributed by atoms with van der Waals surface area (Å²) in [6.45, 7) is 0. The molecule has 0 fully saturated rings. The van der Waals surface area contributed by atoms with Crippen molar-refractivity contribution in [3.63, 3.8) is 0 Å². The van der Waals surface area contributed by atoms with Gasteiger partial charge in [0.25, 0.3) is 0 Å². The summed E-state index contributed by atoms with van der Waals surface area (Å²) in [7, 11) is -3.23. The molecule has 0 spiro atoms. The van der Waals surface area contributed by atoms with Crippen molar-refractivity contribution in [2.24, 2.45) is 0 Å². The third-order valence-electron chi connectivity index (χ3n) is 3.31. The van der Waals surface area contributed by atoms with Gasteiger partial charge in [-0.2, -0.15) is 0 Å². The lowest BCUT2D eigenvalue weighted by Gasteiger charge is -2.03. The molecule has 0 bridgehead atoms. The van der Waals surface area contributed by atoms with Crippen LogP contribution in [0.5, 0.6) is 0 Å². The maximum atomic E-state index is 12.1. The first-order valence-electron chi connectivity index (χ1n) is 6.96. The molecule has 3 rings (SSSR count). The van der Waals surface area contributed by atoms with E-state index in [-0.39, 0.29) is 17.2 Å². The van der Waals surface area contributed by atoms with E-state index in [1.807, 2.05) is 0 Å². The normalized spacial score (nSPS) is 11.6. The highest BCUT2D eigenvalue weighted by Gasteiger charge is 2.11. The average molecular weight is 381 g/mol. The summed E-state index contributed by atoms with van der Waals surface area (Å²) in [5.74, 6) is -0.216. The minimum atomic E-state index is -3.23. The van der Waals surface area contributed by atoms with Crippen molar-refractivity contribution in [1.82, 2.24) is 4.98 Å². The number of sulfone groups is 1. The smallest absolute Gasteiger partial charge is 0.230 e. The quantitative estimate of drug-likeness (QED) is 0.751. The number of fused-ring (bicyclic) bond motifs is 1. The first kappa shape index (κ1) is 16.9. The van der Waals surface area contributed by atoms with Gasteiger partial charge in [0.1, 0.15) is 0 Å². The van der Waals surface area contributed by atoms with E-state index in [4.69, 9.17) is 11.6 Å². The maximum absolute atomic E-state index is 12.1. The fourth-order valence-electron chi connectivity index (χ4n) is 2.16. The summed E-state index contributed by atoms with van der Waals surface area (Å²) in [5, 5.41) is 3.88. The molecule has 0 radical (unpaired) electrons. The third-order valence-corrected chi connectivity index (χ3v) is 5.61. The van der Waals surface area contributed by atoms with E-state index in [9.17, 15) is 13.2 Å². The Kier molecular flexibility index (Phi) is 4.58. The van der Waals surface area contributed by atoms with Gasteiger partial charge >= 0.3 is 0 Å². The lowest BCUT2D eigenvalue weighted by molar-refractivity contribution is -0.115. The van der Waals surface area contributed by atoms with Gasteiger partial charge in [-0.05, 0) is 35.9 Å². The van der Waals surface area contributed by atoms with Crippen molar-refractivity contribution >= 4 is 54.0 Å². The summed E-state index contributed by atoms with van der Waals surface area (Å²) in [4.78, 5) is 16.7. The van der Waals surface area contributed by atoms with Gasteiger partial charge in [0.05, 0.1) is 21.5 Å². The minimum absolute atomic E-state index is 0.140. The van der Waals surface area contributed by atoms with E-state index in [1.54, 1.807) is 30.3 Å². The monoisotopic (exact) mass is 380 g/mol. The fourth-order valence-corrected chi connectivity index (χ4v) is 3.94. The minimum Gasteiger partial charge on any atom is -0.302 e. The summed E-state index contributed by atoms with van der Waals surface area (Å²) >= 11 is 7.28. The molecule has 24 heavy (non-hydrogen) atoms. The van der Waals surface area contributed by atoms with Gasteiger partial charge < -0.3 is 5.32 Å². The van der Waals surface area contributed by atoms with Crippen LogP contribution in [0, 0.1) is 0 Å². The third kappa shape index (κ3) is 3.92. The molecule has 0 atom stereocenters. The summed E-state index contributed by atoms with van der Waals surface area (Å²) in [6.07, 6.45) is 1.29. The molecule has 0 unspecified atom stereocenters. The molecule has 124 valence electrons. The van der Waals surface area contributed by atoms with Crippen LogP contribution in [-0.2, 0) is 21.1 Å². The highest BCUT2D eigenvalue weighted by molar-refractivity contribution is 7.90. The van der Waals surface area contributed by atoms with E-state index in [0.29, 0.717) is 10.2 Å². The van der Waals surface area contributed by atoms with Gasteiger partial charge in [0.2, 0.25) is 5.91 Å². The van der Waals surface area contributed by atoms with Gasteiger partial charge in [-0.15, -0.1) is 0 Å². The maximum Gasteiger partial charge on any atom is 0.230 e. The van der Waals surface area contributed by atoms with Crippen LogP contribution in [0.4, 0.5) is 5.13 Å². The fraction of sp³-hybridized carbons (Fsp3) is 0.125. The van der Waals surface area contributed by atoms with Crippen molar-refractivity contribution in [3.05, 3.63) is 53.1 Å². The number of halogens is 1. The summed E-state index contributed by atoms with van der Waals surface area (Å²) in [6, 6.07) is 11.6. The van der Waals surface area contributed by atoms with Crippen molar-refractivity contribution in [2.45, 2.75) is 11.3 Å². The predicted octanol–water partition coefficient (Wildman–Crippen LogP) is 3.53. The Labute approximate surface area is 148 Å². The Morgan fingerprint density at radius 3 is 2.58 bits per heavy atom. The summed E-state index contributed by atoms with van der Waals surface area (Å²) in [5.41, 5.74) is 1.50. The zero-order chi connectivity index (χ0) is 17.3. The largest absolute Gasteiger partial charge is 0.302 e. The lowest BCUT2D eigenvalue weighted by atomic mass is 10.1. The Morgan fingerprint density at radius 1 is 1.21 bits per heavy atom. The first-order valence-corrected chi connectivity index (χ1v) is 10.0. The Morgan fingerprint density at radius 2 is 1.92 bits per heavy atom. The second-order valence-electron chi connectivity index (χ2n) is 5.27. The lowest BCUT2D eigenvalue weighted by Crippen LogP contribution is -2.14. The number of benzene rings is 2. The second kappa shape index (κ2) is 6.51. The molecule has 5 nitrogen and oxygen atoms in total. The highest BCUT2D eigenvalue weighted by atomic mass is 35.5. The van der Waals surface area contributed by atoms with Crippen LogP contribution in [0.2, 0.25) is 5.02 Å². The molecule has 1 N–H and O–H groups in total. The van der Waals surface area contributed by atoms with Crippen LogP contribution < -0.4 is 5.32 Å². The molecule has 2 aromatic carbocycles. The van der Waals surface area contributed by atoms with Gasteiger partial charge in [0, 0.05) is 11.3 Å².